The lowest BCUT2D eigenvalue weighted by Gasteiger charge is -2.40. The minimum atomic E-state index is -1.05. The highest BCUT2D eigenvalue weighted by atomic mass is 19.1. The second-order valence-corrected chi connectivity index (χ2v) is 7.29. The van der Waals surface area contributed by atoms with E-state index in [4.69, 9.17) is 4.74 Å². The Morgan fingerprint density at radius 2 is 1.96 bits per heavy atom. The average molecular weight is 390 g/mol. The molecule has 7 heteroatoms. The van der Waals surface area contributed by atoms with Crippen molar-refractivity contribution in [3.05, 3.63) is 70.8 Å². The molecule has 0 radical (unpaired) electrons. The number of carbonyl (C=O) groups excluding carboxylic acids is 1. The first-order valence-corrected chi connectivity index (χ1v) is 9.22. The van der Waals surface area contributed by atoms with Gasteiger partial charge in [0.25, 0.3) is 0 Å². The minimum Gasteiger partial charge on any atom is -0.375 e. The van der Waals surface area contributed by atoms with Gasteiger partial charge in [0.1, 0.15) is 30.0 Å². The molecule has 1 saturated heterocycles. The van der Waals surface area contributed by atoms with Crippen molar-refractivity contribution in [1.82, 2.24) is 10.2 Å². The number of benzene rings is 2. The van der Waals surface area contributed by atoms with E-state index in [2.05, 4.69) is 5.32 Å². The van der Waals surface area contributed by atoms with E-state index in [1.165, 1.54) is 6.07 Å². The van der Waals surface area contributed by atoms with Crippen LogP contribution in [0.4, 0.5) is 13.2 Å². The van der Waals surface area contributed by atoms with Crippen LogP contribution in [-0.4, -0.2) is 43.2 Å². The summed E-state index contributed by atoms with van der Waals surface area (Å²) in [6.45, 7) is 0.0704. The molecule has 1 aliphatic carbocycles. The summed E-state index contributed by atoms with van der Waals surface area (Å²) >= 11 is 0. The number of ether oxygens (including phenoxy) is 1. The number of hydrogen-bond acceptors (Lipinski definition) is 3. The van der Waals surface area contributed by atoms with Crippen molar-refractivity contribution in [3.63, 3.8) is 0 Å². The van der Waals surface area contributed by atoms with E-state index in [0.29, 0.717) is 6.42 Å². The van der Waals surface area contributed by atoms with Gasteiger partial charge in [-0.05, 0) is 23.6 Å². The quantitative estimate of drug-likeness (QED) is 0.853. The molecule has 1 N–H and O–H groups in total. The molecule has 148 valence electrons. The molecule has 2 aliphatic rings. The third kappa shape index (κ3) is 3.40. The molecule has 2 aromatic carbocycles. The van der Waals surface area contributed by atoms with E-state index in [1.807, 2.05) is 24.3 Å². The van der Waals surface area contributed by atoms with Gasteiger partial charge in [0.15, 0.2) is 0 Å². The summed E-state index contributed by atoms with van der Waals surface area (Å²) in [6.07, 6.45) is -0.782. The van der Waals surface area contributed by atoms with Gasteiger partial charge >= 0.3 is 0 Å². The average Bonchev–Trinajstić information content (AvgIpc) is 2.99. The van der Waals surface area contributed by atoms with Gasteiger partial charge < -0.3 is 10.1 Å². The zero-order valence-electron chi connectivity index (χ0n) is 15.4. The van der Waals surface area contributed by atoms with Crippen LogP contribution >= 0.6 is 0 Å². The standard InChI is InChI=1S/C21H21F3N2O2/c1-28-20-15-5-3-2-4-12(15)8-18(20)25-21(27)19(26-10-14(23)11-26)16-7-6-13(22)9-17(16)24/h2-7,9,14,18-20H,8,10-11H2,1H3,(H,25,27)/t18-,19?,20-/m0/s1. The Labute approximate surface area is 161 Å². The van der Waals surface area contributed by atoms with Crippen LogP contribution in [0.1, 0.15) is 28.8 Å². The molecule has 2 aromatic rings. The number of carbonyl (C=O) groups is 1. The predicted molar refractivity (Wildman–Crippen MR) is 97.4 cm³/mol. The van der Waals surface area contributed by atoms with Crippen LogP contribution in [-0.2, 0) is 16.0 Å². The molecule has 0 saturated carbocycles. The lowest BCUT2D eigenvalue weighted by molar-refractivity contribution is -0.131. The second-order valence-electron chi connectivity index (χ2n) is 7.29. The monoisotopic (exact) mass is 390 g/mol. The van der Waals surface area contributed by atoms with Crippen molar-refractivity contribution in [2.24, 2.45) is 0 Å². The number of alkyl halides is 1. The number of halogens is 3. The highest BCUT2D eigenvalue weighted by Crippen LogP contribution is 2.35. The second kappa shape index (κ2) is 7.56. The number of nitrogens with zero attached hydrogens (tertiary/aromatic N) is 1. The molecule has 28 heavy (non-hydrogen) atoms. The van der Waals surface area contributed by atoms with Crippen molar-refractivity contribution in [3.8, 4) is 0 Å². The van der Waals surface area contributed by atoms with Crippen LogP contribution in [0.25, 0.3) is 0 Å². The number of hydrogen-bond donors (Lipinski definition) is 1. The van der Waals surface area contributed by atoms with Crippen molar-refractivity contribution in [2.45, 2.75) is 30.8 Å². The van der Waals surface area contributed by atoms with Gasteiger partial charge in [-0.25, -0.2) is 13.2 Å². The summed E-state index contributed by atoms with van der Waals surface area (Å²) in [5, 5.41) is 2.94. The Balaban J connectivity index is 1.58. The first-order valence-electron chi connectivity index (χ1n) is 9.22. The van der Waals surface area contributed by atoms with Crippen LogP contribution in [0, 0.1) is 11.6 Å². The van der Waals surface area contributed by atoms with Gasteiger partial charge in [-0.2, -0.15) is 0 Å². The summed E-state index contributed by atoms with van der Waals surface area (Å²) in [5.74, 6) is -1.99. The third-order valence-corrected chi connectivity index (χ3v) is 5.48. The molecular weight excluding hydrogens is 369 g/mol. The summed E-state index contributed by atoms with van der Waals surface area (Å²) < 4.78 is 46.7. The fraction of sp³-hybridized carbons (Fsp3) is 0.381. The number of amides is 1. The van der Waals surface area contributed by atoms with Gasteiger partial charge in [0, 0.05) is 31.8 Å². The molecule has 0 spiro atoms. The van der Waals surface area contributed by atoms with E-state index < -0.39 is 29.8 Å². The fourth-order valence-electron chi connectivity index (χ4n) is 4.13. The zero-order chi connectivity index (χ0) is 19.8. The van der Waals surface area contributed by atoms with Gasteiger partial charge in [0.2, 0.25) is 5.91 Å². The summed E-state index contributed by atoms with van der Waals surface area (Å²) in [4.78, 5) is 14.7. The van der Waals surface area contributed by atoms with Crippen LogP contribution in [0.3, 0.4) is 0 Å². The highest BCUT2D eigenvalue weighted by molar-refractivity contribution is 5.84. The number of fused-ring (bicyclic) bond motifs is 1. The maximum Gasteiger partial charge on any atom is 0.242 e. The first kappa shape index (κ1) is 19.0. The van der Waals surface area contributed by atoms with Crippen molar-refractivity contribution < 1.29 is 22.7 Å². The number of nitrogens with one attached hydrogen (secondary N) is 1. The SMILES string of the molecule is CO[C@H]1c2ccccc2C[C@@H]1NC(=O)C(c1ccc(F)cc1F)N1CC(F)C1. The van der Waals surface area contributed by atoms with E-state index in [1.54, 1.807) is 12.0 Å². The van der Waals surface area contributed by atoms with Crippen LogP contribution in [0.2, 0.25) is 0 Å². The molecule has 1 unspecified atom stereocenters. The van der Waals surface area contributed by atoms with Gasteiger partial charge in [-0.1, -0.05) is 30.3 Å². The van der Waals surface area contributed by atoms with Crippen molar-refractivity contribution in [1.29, 1.82) is 0 Å². The molecule has 1 aliphatic heterocycles. The molecule has 3 atom stereocenters. The molecule has 4 rings (SSSR count). The van der Waals surface area contributed by atoms with E-state index in [-0.39, 0.29) is 30.8 Å². The molecule has 4 nitrogen and oxygen atoms in total. The van der Waals surface area contributed by atoms with Crippen LogP contribution in [0.5, 0.6) is 0 Å². The van der Waals surface area contributed by atoms with E-state index in [0.717, 1.165) is 23.3 Å². The third-order valence-electron chi connectivity index (χ3n) is 5.48. The number of likely N-dealkylation sites (tertiary alicyclic amines) is 1. The lowest BCUT2D eigenvalue weighted by atomic mass is 9.98. The molecule has 1 amide bonds. The van der Waals surface area contributed by atoms with Crippen LogP contribution < -0.4 is 5.32 Å². The Hall–Kier alpha value is -2.38. The topological polar surface area (TPSA) is 41.6 Å². The zero-order valence-corrected chi connectivity index (χ0v) is 15.4. The Kier molecular flexibility index (Phi) is 5.12. The smallest absolute Gasteiger partial charge is 0.242 e. The summed E-state index contributed by atoms with van der Waals surface area (Å²) in [5.41, 5.74) is 2.12. The molecule has 1 fully saturated rings. The first-order chi connectivity index (χ1) is 13.5. The molecule has 1 heterocycles. The van der Waals surface area contributed by atoms with Gasteiger partial charge in [-0.3, -0.25) is 9.69 Å². The lowest BCUT2D eigenvalue weighted by Crippen LogP contribution is -2.55. The normalized spacial score (nSPS) is 23.1. The Bertz CT molecular complexity index is 886. The van der Waals surface area contributed by atoms with E-state index in [9.17, 15) is 18.0 Å². The maximum absolute atomic E-state index is 14.4. The fourth-order valence-corrected chi connectivity index (χ4v) is 4.13. The highest BCUT2D eigenvalue weighted by Gasteiger charge is 2.41. The van der Waals surface area contributed by atoms with Crippen LogP contribution in [0.15, 0.2) is 42.5 Å². The van der Waals surface area contributed by atoms with Crippen molar-refractivity contribution in [2.75, 3.05) is 20.2 Å². The molecular formula is C21H21F3N2O2. The van der Waals surface area contributed by atoms with Crippen molar-refractivity contribution >= 4 is 5.91 Å². The van der Waals surface area contributed by atoms with E-state index >= 15 is 0 Å². The maximum atomic E-state index is 14.4. The van der Waals surface area contributed by atoms with Gasteiger partial charge in [0.05, 0.1) is 6.04 Å². The van der Waals surface area contributed by atoms with Gasteiger partial charge in [-0.15, -0.1) is 0 Å². The summed E-state index contributed by atoms with van der Waals surface area (Å²) in [7, 11) is 1.58. The largest absolute Gasteiger partial charge is 0.375 e. The molecule has 0 bridgehead atoms. The Morgan fingerprint density at radius 3 is 2.64 bits per heavy atom. The summed E-state index contributed by atoms with van der Waals surface area (Å²) in [6, 6.07) is 9.53. The number of methoxy groups -OCH3 is 1. The Morgan fingerprint density at radius 1 is 1.21 bits per heavy atom. The minimum absolute atomic E-state index is 0.0352. The molecule has 0 aromatic heterocycles. The number of rotatable bonds is 5. The predicted octanol–water partition coefficient (Wildman–Crippen LogP) is 3.09.